The highest BCUT2D eigenvalue weighted by Gasteiger charge is 2.39. The van der Waals surface area contributed by atoms with Crippen LogP contribution in [-0.2, 0) is 62.4 Å². The minimum absolute atomic E-state index is 0. The molecule has 12 aromatic rings. The highest BCUT2D eigenvalue weighted by molar-refractivity contribution is 6.21. The maximum absolute atomic E-state index is 13.9. The number of hydrogen-bond acceptors (Lipinski definition) is 18. The molecule has 9 heterocycles. The molecule has 29 nitrogen and oxygen atoms in total. The first-order valence-electron chi connectivity index (χ1n) is 39.4. The number of hydrazone groups is 3. The van der Waals surface area contributed by atoms with Crippen LogP contribution in [-0.4, -0.2) is 131 Å². The van der Waals surface area contributed by atoms with Gasteiger partial charge < -0.3 is 62.3 Å². The number of nitrogens with two attached hydrogens (primary N) is 2. The number of aliphatic carboxylic acids is 1. The molecule has 0 fully saturated rings. The van der Waals surface area contributed by atoms with Crippen molar-refractivity contribution in [3.8, 4) is 33.8 Å². The van der Waals surface area contributed by atoms with Gasteiger partial charge >= 0.3 is 18.2 Å². The summed E-state index contributed by atoms with van der Waals surface area (Å²) in [7, 11) is 0. The summed E-state index contributed by atoms with van der Waals surface area (Å²) in [6.45, 7) is 16.3. The van der Waals surface area contributed by atoms with E-state index < -0.39 is 59.3 Å². The zero-order chi connectivity index (χ0) is 84.6. The van der Waals surface area contributed by atoms with Gasteiger partial charge in [-0.1, -0.05) is 72.8 Å². The Morgan fingerprint density at radius 3 is 1.10 bits per heavy atom. The van der Waals surface area contributed by atoms with E-state index in [0.717, 1.165) is 119 Å². The number of pyridine rings is 3. The number of aromatic nitrogens is 6. The number of nitrogens with one attached hydrogen (secondary N) is 10. The van der Waals surface area contributed by atoms with Crippen LogP contribution in [0.5, 0.6) is 0 Å². The van der Waals surface area contributed by atoms with Crippen LogP contribution < -0.4 is 49.0 Å². The van der Waals surface area contributed by atoms with E-state index in [1.54, 1.807) is 103 Å². The van der Waals surface area contributed by atoms with Crippen molar-refractivity contribution in [3.05, 3.63) is 248 Å². The number of fused-ring (bicyclic) bond motifs is 3. The summed E-state index contributed by atoms with van der Waals surface area (Å²) < 4.78 is 10.6. The first-order chi connectivity index (χ1) is 57.4. The highest BCUT2D eigenvalue weighted by Crippen LogP contribution is 2.40. The molecule has 122 heavy (non-hydrogen) atoms. The van der Waals surface area contributed by atoms with Gasteiger partial charge in [0.1, 0.15) is 23.3 Å². The Morgan fingerprint density at radius 2 is 0.762 bits per heavy atom. The number of nitrogen functional groups attached to an aromatic ring is 1. The number of alkyl carbamates (subject to hydrolysis) is 2. The van der Waals surface area contributed by atoms with E-state index in [1.165, 1.54) is 11.1 Å². The summed E-state index contributed by atoms with van der Waals surface area (Å²) in [5, 5.41) is 35.0. The van der Waals surface area contributed by atoms with Crippen molar-refractivity contribution in [2.45, 2.75) is 130 Å². The van der Waals surface area contributed by atoms with E-state index in [0.29, 0.717) is 75.9 Å². The van der Waals surface area contributed by atoms with Crippen LogP contribution in [0.25, 0.3) is 66.5 Å². The van der Waals surface area contributed by atoms with Crippen molar-refractivity contribution in [2.24, 2.45) is 38.8 Å². The Labute approximate surface area is 713 Å². The van der Waals surface area contributed by atoms with Crippen LogP contribution in [0.15, 0.2) is 179 Å². The number of carbonyl (C=O) groups excluding carboxylic acids is 7. The topological polar surface area (TPSA) is 435 Å². The number of carboxylic acids is 1. The maximum atomic E-state index is 13.9. The van der Waals surface area contributed by atoms with Gasteiger partial charge in [-0.2, -0.15) is 15.3 Å². The average molecular weight is 1680 g/mol. The van der Waals surface area contributed by atoms with Crippen LogP contribution in [0.4, 0.5) is 26.7 Å². The lowest BCUT2D eigenvalue weighted by Crippen LogP contribution is -2.50. The minimum atomic E-state index is -1.03. The molecule has 15 N–H and O–H groups in total. The fourth-order valence-corrected chi connectivity index (χ4v) is 16.2. The van der Waals surface area contributed by atoms with Crippen molar-refractivity contribution >= 4 is 141 Å². The number of carboxylic acid groups (broad SMARTS) is 1. The highest BCUT2D eigenvalue weighted by atomic mass is 35.5. The summed E-state index contributed by atoms with van der Waals surface area (Å²) in [6, 6.07) is 43.8. The number of hydrogen-bond donors (Lipinski definition) is 13. The van der Waals surface area contributed by atoms with Crippen LogP contribution in [0.3, 0.4) is 0 Å². The van der Waals surface area contributed by atoms with E-state index >= 15 is 0 Å². The summed E-state index contributed by atoms with van der Waals surface area (Å²) >= 11 is 0. The molecule has 3 aliphatic carbocycles. The molecule has 0 spiro atoms. The average Bonchev–Trinajstić information content (AvgIpc) is 1.61. The number of rotatable bonds is 13. The number of ether oxygens (including phenoxy) is 2. The number of aromatic amines is 3. The second-order valence-electron chi connectivity index (χ2n) is 32.7. The molecule has 6 aromatic carbocycles. The summed E-state index contributed by atoms with van der Waals surface area (Å²) in [4.78, 5) is 124. The van der Waals surface area contributed by atoms with Gasteiger partial charge in [0.25, 0.3) is 17.7 Å². The molecule has 6 aromatic heterocycles. The second kappa shape index (κ2) is 35.6. The fourth-order valence-electron chi connectivity index (χ4n) is 16.2. The number of amides is 7. The maximum Gasteiger partial charge on any atom is 0.408 e. The molecule has 0 unspecified atom stereocenters. The molecule has 31 heteroatoms. The zero-order valence-corrected chi connectivity index (χ0v) is 69.8. The smallest absolute Gasteiger partial charge is 0.408 e. The Bertz CT molecular complexity index is 6130. The molecule has 7 amide bonds. The SMILES string of the molecule is CC(C)(C)OC(=O)N[C@@H](C(=O)O)C1Cc2ccccc2C1.Cc1ccc(-c2[nH]c3cc(N)cc4c3c2C=NNC4=O)cn1.Cc1ccc(-c2[nH]c3cc(NC(=O)[C@H](N)C4Cc5ccccc5C4)cc4c3c2C=NNC4=O)cn1.Cc1ccc(-c2[nH]c3cc(NC(=O)[C@H](NC(=O)OC(C)(C)C)C4Cc5ccccc5C4)cc4c3c2C=NNC4=O)cn1.Cl.Cl. The molecule has 0 bridgehead atoms. The third-order valence-corrected chi connectivity index (χ3v) is 21.7. The van der Waals surface area contributed by atoms with Crippen LogP contribution in [0.1, 0.15) is 140 Å². The van der Waals surface area contributed by atoms with Gasteiger partial charge in [-0.25, -0.2) is 30.7 Å². The Kier molecular flexibility index (Phi) is 25.1. The first-order valence-corrected chi connectivity index (χ1v) is 39.4. The minimum Gasteiger partial charge on any atom is -0.480 e. The van der Waals surface area contributed by atoms with Crippen molar-refractivity contribution < 1.29 is 52.9 Å². The van der Waals surface area contributed by atoms with Crippen molar-refractivity contribution in [3.63, 3.8) is 0 Å². The lowest BCUT2D eigenvalue weighted by Gasteiger charge is -2.26. The van der Waals surface area contributed by atoms with E-state index in [1.807, 2.05) is 130 Å². The molecular weight excluding hydrogens is 1590 g/mol. The van der Waals surface area contributed by atoms with E-state index in [2.05, 4.69) is 94.9 Å². The van der Waals surface area contributed by atoms with E-state index in [4.69, 9.17) is 20.9 Å². The van der Waals surface area contributed by atoms with Gasteiger partial charge in [0.05, 0.1) is 58.5 Å². The zero-order valence-electron chi connectivity index (χ0n) is 68.2. The fraction of sp³-hybridized carbons (Fsp3) is 0.253. The third kappa shape index (κ3) is 18.9. The first kappa shape index (κ1) is 86.0. The summed E-state index contributed by atoms with van der Waals surface area (Å²) in [5.41, 5.74) is 40.8. The molecule has 3 atom stereocenters. The lowest BCUT2D eigenvalue weighted by atomic mass is 9.95. The Balaban J connectivity index is 0.000000145. The molecule has 626 valence electrons. The van der Waals surface area contributed by atoms with Crippen molar-refractivity contribution in [2.75, 3.05) is 16.4 Å². The Hall–Kier alpha value is -13.9. The standard InChI is InChI=1S/C32H32N6O4.C27H24N6O2.C16H13N5O.C16H21NO4.2ClH/c1-17-9-10-20(15-33-17)27-24-16-34-38-29(39)23-13-22(14-25(36-27)26(23)24)35-30(40)28(37-31(41)42-32(2,3)4)21-11-18-7-5-6-8-19(18)12-21;1-14-6-7-17(12-29-14)25-21-13-30-33-26(34)20-10-19(11-22(32-25)23(20)21)31-27(35)24(28)18-8-15-4-2-3-5-16(15)9-18;1-8-2-3-9(6-18-8)15-12-7-19-21-16(22)11-4-10(17)5-13(20-15)14(11)12;1-16(2,3)21-15(20)17-13(14(18)19)12-8-10-6-4-5-7-11(10)9-12;;/h5-10,13-16,21,28,36H,11-12H2,1-4H3,(H,35,40)(H,37,41)(H,38,39);2-7,10-13,18,24,32H,8-9,28H2,1H3,(H,31,35)(H,33,34);2-7,20H,17H2,1H3,(H,21,22);4-7,12-13H,8-9H2,1-3H3,(H,17,20)(H,18,19);2*1H/t28-;24-;;13-;;/m11.1../s1. The third-order valence-electron chi connectivity index (χ3n) is 21.7. The molecular formula is C91H92Cl2N18O11. The number of H-pyrrole nitrogens is 3. The predicted octanol–water partition coefficient (Wildman–Crippen LogP) is 13.6. The quantitative estimate of drug-likeness (QED) is 0.0477. The normalized spacial score (nSPS) is 14.8. The van der Waals surface area contributed by atoms with Crippen LogP contribution in [0.2, 0.25) is 0 Å². The number of benzene rings is 6. The van der Waals surface area contributed by atoms with E-state index in [9.17, 15) is 43.5 Å². The monoisotopic (exact) mass is 1680 g/mol. The van der Waals surface area contributed by atoms with Gasteiger partial charge in [-0.15, -0.1) is 24.8 Å². The molecule has 0 saturated heterocycles. The van der Waals surface area contributed by atoms with Gasteiger partial charge in [-0.3, -0.25) is 38.9 Å². The molecule has 18 rings (SSSR count). The van der Waals surface area contributed by atoms with Gasteiger partial charge in [0.2, 0.25) is 11.8 Å². The number of aryl methyl sites for hydroxylation is 3. The largest absolute Gasteiger partial charge is 0.480 e. The summed E-state index contributed by atoms with van der Waals surface area (Å²) in [6.07, 6.45) is 13.0. The predicted molar refractivity (Wildman–Crippen MR) is 474 cm³/mol. The van der Waals surface area contributed by atoms with Gasteiger partial charge in [-0.05, 0) is 225 Å². The molecule has 0 radical (unpaired) electrons. The van der Waals surface area contributed by atoms with Gasteiger partial charge in [0.15, 0.2) is 0 Å². The second-order valence-corrected chi connectivity index (χ2v) is 32.7. The number of halogens is 2. The number of carbonyl (C=O) groups is 8. The number of nitrogens with zero attached hydrogens (tertiary/aromatic N) is 6. The van der Waals surface area contributed by atoms with Crippen molar-refractivity contribution in [1.29, 1.82) is 0 Å². The van der Waals surface area contributed by atoms with Crippen LogP contribution in [0, 0.1) is 38.5 Å². The molecule has 0 saturated carbocycles. The van der Waals surface area contributed by atoms with Gasteiger partial charge in [0, 0.05) is 119 Å². The molecule has 6 aliphatic rings. The molecule has 3 aliphatic heterocycles. The lowest BCUT2D eigenvalue weighted by molar-refractivity contribution is -0.141. The Morgan fingerprint density at radius 1 is 0.443 bits per heavy atom. The van der Waals surface area contributed by atoms with Crippen LogP contribution >= 0.6 is 24.8 Å². The summed E-state index contributed by atoms with van der Waals surface area (Å²) in [5.74, 6) is -2.98. The van der Waals surface area contributed by atoms with Crippen molar-refractivity contribution in [1.82, 2.24) is 56.8 Å². The van der Waals surface area contributed by atoms with E-state index in [-0.39, 0.29) is 60.3 Å². The number of anilines is 3.